The van der Waals surface area contributed by atoms with Crippen LogP contribution in [0.5, 0.6) is 0 Å². The standard InChI is InChI=1S/C2H7N3OS/c3-1-5-7-2(4)6/h1-2,6H,4H2,(H2,3,5). The van der Waals surface area contributed by atoms with Gasteiger partial charge in [-0.05, 0) is 0 Å². The smallest absolute Gasteiger partial charge is 0.171 e. The summed E-state index contributed by atoms with van der Waals surface area (Å²) in [6.45, 7) is 0. The van der Waals surface area contributed by atoms with E-state index in [1.165, 1.54) is 0 Å². The van der Waals surface area contributed by atoms with Crippen LogP contribution in [0.15, 0.2) is 4.40 Å². The molecule has 5 heteroatoms. The quantitative estimate of drug-likeness (QED) is 0.186. The minimum absolute atomic E-state index is 0.809. The summed E-state index contributed by atoms with van der Waals surface area (Å²) in [5, 5.41) is 8.25. The van der Waals surface area contributed by atoms with Crippen molar-refractivity contribution in [3.05, 3.63) is 0 Å². The zero-order chi connectivity index (χ0) is 5.70. The first kappa shape index (κ1) is 6.74. The molecule has 0 aliphatic heterocycles. The monoisotopic (exact) mass is 121 g/mol. The molecule has 1 atom stereocenters. The summed E-state index contributed by atoms with van der Waals surface area (Å²) in [7, 11) is 0. The Bertz CT molecular complexity index is 64.0. The highest BCUT2D eigenvalue weighted by Crippen LogP contribution is 2.00. The molecular formula is C2H7N3OS. The van der Waals surface area contributed by atoms with Gasteiger partial charge in [-0.3, -0.25) is 5.73 Å². The zero-order valence-electron chi connectivity index (χ0n) is 3.61. The van der Waals surface area contributed by atoms with Gasteiger partial charge in [0.1, 0.15) is 0 Å². The van der Waals surface area contributed by atoms with Gasteiger partial charge >= 0.3 is 0 Å². The third-order valence-corrected chi connectivity index (χ3v) is 0.689. The van der Waals surface area contributed by atoms with E-state index in [4.69, 9.17) is 16.6 Å². The van der Waals surface area contributed by atoms with Gasteiger partial charge in [-0.1, -0.05) is 0 Å². The van der Waals surface area contributed by atoms with E-state index in [1.807, 2.05) is 0 Å². The minimum atomic E-state index is -0.959. The van der Waals surface area contributed by atoms with Gasteiger partial charge in [0.05, 0.1) is 6.34 Å². The van der Waals surface area contributed by atoms with Crippen LogP contribution in [-0.2, 0) is 0 Å². The normalized spacial score (nSPS) is 15.1. The van der Waals surface area contributed by atoms with Crippen molar-refractivity contribution >= 4 is 18.3 Å². The number of aliphatic hydroxyl groups is 1. The maximum atomic E-state index is 8.25. The molecule has 0 aromatic heterocycles. The van der Waals surface area contributed by atoms with Crippen molar-refractivity contribution < 1.29 is 5.11 Å². The minimum Gasteiger partial charge on any atom is -0.389 e. The highest BCUT2D eigenvalue weighted by Gasteiger charge is 1.87. The first-order valence-corrected chi connectivity index (χ1v) is 2.44. The largest absolute Gasteiger partial charge is 0.389 e. The van der Waals surface area contributed by atoms with Crippen molar-refractivity contribution in [3.8, 4) is 0 Å². The first-order chi connectivity index (χ1) is 3.27. The van der Waals surface area contributed by atoms with E-state index < -0.39 is 5.56 Å². The Morgan fingerprint density at radius 2 is 2.43 bits per heavy atom. The van der Waals surface area contributed by atoms with Gasteiger partial charge in [-0.15, -0.1) is 0 Å². The second kappa shape index (κ2) is 3.91. The second-order valence-electron chi connectivity index (χ2n) is 0.750. The SMILES string of the molecule is N/C=N\SC(N)O. The molecule has 0 saturated carbocycles. The Morgan fingerprint density at radius 1 is 1.86 bits per heavy atom. The van der Waals surface area contributed by atoms with Gasteiger partial charge < -0.3 is 10.8 Å². The van der Waals surface area contributed by atoms with E-state index in [9.17, 15) is 0 Å². The van der Waals surface area contributed by atoms with Crippen LogP contribution in [0.4, 0.5) is 0 Å². The summed E-state index contributed by atoms with van der Waals surface area (Å²) in [5.41, 5.74) is 8.67. The molecule has 4 nitrogen and oxygen atoms in total. The molecule has 5 N–H and O–H groups in total. The van der Waals surface area contributed by atoms with Crippen molar-refractivity contribution in [3.63, 3.8) is 0 Å². The number of aliphatic hydroxyl groups excluding tert-OH is 1. The molecule has 0 aromatic rings. The summed E-state index contributed by atoms with van der Waals surface area (Å²) < 4.78 is 3.37. The molecule has 0 heterocycles. The maximum absolute atomic E-state index is 8.25. The van der Waals surface area contributed by atoms with Crippen LogP contribution in [0.3, 0.4) is 0 Å². The predicted molar refractivity (Wildman–Crippen MR) is 30.5 cm³/mol. The van der Waals surface area contributed by atoms with Crippen molar-refractivity contribution in [1.82, 2.24) is 0 Å². The van der Waals surface area contributed by atoms with E-state index in [0.29, 0.717) is 0 Å². The Kier molecular flexibility index (Phi) is 3.77. The van der Waals surface area contributed by atoms with Crippen LogP contribution in [0, 0.1) is 0 Å². The Balaban J connectivity index is 2.97. The van der Waals surface area contributed by atoms with Crippen LogP contribution in [-0.4, -0.2) is 17.0 Å². The Labute approximate surface area is 45.7 Å². The lowest BCUT2D eigenvalue weighted by molar-refractivity contribution is 0.272. The van der Waals surface area contributed by atoms with E-state index in [0.717, 1.165) is 18.3 Å². The van der Waals surface area contributed by atoms with Crippen molar-refractivity contribution in [1.29, 1.82) is 0 Å². The molecule has 0 saturated heterocycles. The Hall–Kier alpha value is -0.260. The third kappa shape index (κ3) is 5.74. The van der Waals surface area contributed by atoms with Gasteiger partial charge in [-0.2, -0.15) is 0 Å². The second-order valence-corrected chi connectivity index (χ2v) is 1.66. The van der Waals surface area contributed by atoms with Gasteiger partial charge in [0.15, 0.2) is 5.56 Å². The van der Waals surface area contributed by atoms with Crippen LogP contribution in [0.25, 0.3) is 0 Å². The predicted octanol–water partition coefficient (Wildman–Crippen LogP) is -1.14. The molecule has 0 amide bonds. The molecule has 0 radical (unpaired) electrons. The zero-order valence-corrected chi connectivity index (χ0v) is 4.43. The van der Waals surface area contributed by atoms with Crippen molar-refractivity contribution in [2.24, 2.45) is 15.9 Å². The summed E-state index contributed by atoms with van der Waals surface area (Å²) in [6, 6.07) is 0. The average molecular weight is 121 g/mol. The van der Waals surface area contributed by atoms with E-state index in [1.54, 1.807) is 0 Å². The lowest BCUT2D eigenvalue weighted by Gasteiger charge is -1.92. The summed E-state index contributed by atoms with van der Waals surface area (Å²) in [6.07, 6.45) is 1.07. The fraction of sp³-hybridized carbons (Fsp3) is 0.500. The van der Waals surface area contributed by atoms with Gasteiger partial charge in [0, 0.05) is 11.9 Å². The molecule has 0 aliphatic rings. The van der Waals surface area contributed by atoms with E-state index >= 15 is 0 Å². The fourth-order valence-electron chi connectivity index (χ4n) is 0.0975. The number of rotatable bonds is 2. The maximum Gasteiger partial charge on any atom is 0.171 e. The number of hydrogen-bond donors (Lipinski definition) is 3. The fourth-order valence-corrected chi connectivity index (χ4v) is 0.292. The first-order valence-electron chi connectivity index (χ1n) is 1.60. The molecule has 0 aliphatic carbocycles. The highest BCUT2D eigenvalue weighted by atomic mass is 32.2. The van der Waals surface area contributed by atoms with Crippen molar-refractivity contribution in [2.45, 2.75) is 5.56 Å². The highest BCUT2D eigenvalue weighted by molar-refractivity contribution is 7.98. The van der Waals surface area contributed by atoms with Crippen molar-refractivity contribution in [2.75, 3.05) is 0 Å². The molecular weight excluding hydrogens is 114 g/mol. The molecule has 0 aromatic carbocycles. The van der Waals surface area contributed by atoms with Crippen LogP contribution in [0.1, 0.15) is 0 Å². The topological polar surface area (TPSA) is 84.6 Å². The van der Waals surface area contributed by atoms with Gasteiger partial charge in [-0.25, -0.2) is 4.40 Å². The van der Waals surface area contributed by atoms with E-state index in [2.05, 4.69) is 4.40 Å². The number of nitrogens with two attached hydrogens (primary N) is 2. The number of hydrogen-bond acceptors (Lipinski definition) is 4. The molecule has 7 heavy (non-hydrogen) atoms. The molecule has 0 fully saturated rings. The summed E-state index contributed by atoms with van der Waals surface area (Å²) in [4.78, 5) is 0. The summed E-state index contributed by atoms with van der Waals surface area (Å²) >= 11 is 0.809. The van der Waals surface area contributed by atoms with Crippen LogP contribution in [0.2, 0.25) is 0 Å². The lowest BCUT2D eigenvalue weighted by Crippen LogP contribution is -2.12. The van der Waals surface area contributed by atoms with Gasteiger partial charge in [0.2, 0.25) is 0 Å². The molecule has 1 unspecified atom stereocenters. The number of nitrogens with zero attached hydrogens (tertiary/aromatic N) is 1. The lowest BCUT2D eigenvalue weighted by atomic mass is 11.4. The molecule has 0 spiro atoms. The average Bonchev–Trinajstić information content (AvgIpc) is 1.61. The van der Waals surface area contributed by atoms with Crippen LogP contribution < -0.4 is 11.5 Å². The summed E-state index contributed by atoms with van der Waals surface area (Å²) in [5.74, 6) is 0. The van der Waals surface area contributed by atoms with E-state index in [-0.39, 0.29) is 0 Å². The third-order valence-electron chi connectivity index (χ3n) is 0.230. The van der Waals surface area contributed by atoms with Crippen LogP contribution >= 0.6 is 11.9 Å². The molecule has 0 rings (SSSR count). The molecule has 42 valence electrons. The molecule has 0 bridgehead atoms. The Morgan fingerprint density at radius 3 is 2.57 bits per heavy atom. The van der Waals surface area contributed by atoms with Gasteiger partial charge in [0.25, 0.3) is 0 Å².